The standard InChI is InChI=1S/C28H46N6O2/c29-24-8-4-3-5-9-25-23(26(35)18-21-12-16-34(17-13-21)20-22-10-11-22)19-32-28(33-25)31-15-7-2-1-6-14-30-27(24)36/h19,21-22,24H,1-18,20,29H2,(H,30,36)(H,31,32,33)/t24-/m1/s1. The van der Waals surface area contributed by atoms with Crippen LogP contribution in [0.3, 0.4) is 0 Å². The molecule has 1 aromatic heterocycles. The average molecular weight is 499 g/mol. The van der Waals surface area contributed by atoms with Gasteiger partial charge in [-0.1, -0.05) is 25.7 Å². The number of anilines is 1. The zero-order valence-corrected chi connectivity index (χ0v) is 22.0. The molecule has 3 aliphatic rings. The molecule has 0 radical (unpaired) electrons. The van der Waals surface area contributed by atoms with Crippen molar-refractivity contribution in [2.75, 3.05) is 38.0 Å². The highest BCUT2D eigenvalue weighted by Crippen LogP contribution is 2.32. The van der Waals surface area contributed by atoms with Crippen LogP contribution < -0.4 is 16.4 Å². The van der Waals surface area contributed by atoms with Crippen LogP contribution in [-0.2, 0) is 11.2 Å². The number of carbonyl (C=O) groups excluding carboxylic acids is 2. The van der Waals surface area contributed by atoms with Crippen molar-refractivity contribution in [1.29, 1.82) is 0 Å². The average Bonchev–Trinajstić information content (AvgIpc) is 3.70. The number of piperidine rings is 1. The quantitative estimate of drug-likeness (QED) is 0.531. The van der Waals surface area contributed by atoms with Gasteiger partial charge < -0.3 is 21.3 Å². The molecule has 1 amide bonds. The summed E-state index contributed by atoms with van der Waals surface area (Å²) in [6.45, 7) is 5.01. The summed E-state index contributed by atoms with van der Waals surface area (Å²) in [5, 5.41) is 6.32. The van der Waals surface area contributed by atoms with Gasteiger partial charge in [-0.3, -0.25) is 9.59 Å². The summed E-state index contributed by atoms with van der Waals surface area (Å²) in [5.41, 5.74) is 7.65. The van der Waals surface area contributed by atoms with E-state index in [0.717, 1.165) is 95.5 Å². The molecule has 8 nitrogen and oxygen atoms in total. The molecule has 1 saturated heterocycles. The lowest BCUT2D eigenvalue weighted by Gasteiger charge is -2.31. The van der Waals surface area contributed by atoms with E-state index in [-0.39, 0.29) is 11.7 Å². The van der Waals surface area contributed by atoms with Gasteiger partial charge in [0.05, 0.1) is 17.3 Å². The van der Waals surface area contributed by atoms with Gasteiger partial charge in [-0.2, -0.15) is 0 Å². The summed E-state index contributed by atoms with van der Waals surface area (Å²) in [5.74, 6) is 2.18. The molecule has 4 N–H and O–H groups in total. The summed E-state index contributed by atoms with van der Waals surface area (Å²) < 4.78 is 0. The molecule has 8 heteroatoms. The van der Waals surface area contributed by atoms with Gasteiger partial charge in [0.1, 0.15) is 0 Å². The molecule has 3 heterocycles. The van der Waals surface area contributed by atoms with Crippen molar-refractivity contribution in [3.8, 4) is 0 Å². The van der Waals surface area contributed by atoms with Crippen LogP contribution in [0, 0.1) is 11.8 Å². The van der Waals surface area contributed by atoms with Gasteiger partial charge >= 0.3 is 0 Å². The van der Waals surface area contributed by atoms with Crippen LogP contribution in [0.4, 0.5) is 5.95 Å². The Balaban J connectivity index is 1.34. The fourth-order valence-corrected chi connectivity index (χ4v) is 5.45. The zero-order valence-electron chi connectivity index (χ0n) is 22.0. The van der Waals surface area contributed by atoms with E-state index in [1.807, 2.05) is 0 Å². The Labute approximate surface area is 216 Å². The second-order valence-corrected chi connectivity index (χ2v) is 11.2. The van der Waals surface area contributed by atoms with E-state index in [2.05, 4.69) is 20.5 Å². The topological polar surface area (TPSA) is 113 Å². The van der Waals surface area contributed by atoms with Crippen molar-refractivity contribution in [1.82, 2.24) is 20.2 Å². The van der Waals surface area contributed by atoms with Crippen LogP contribution in [-0.4, -0.2) is 65.3 Å². The van der Waals surface area contributed by atoms with Crippen molar-refractivity contribution in [3.63, 3.8) is 0 Å². The summed E-state index contributed by atoms with van der Waals surface area (Å²) >= 11 is 0. The van der Waals surface area contributed by atoms with Crippen molar-refractivity contribution in [2.24, 2.45) is 17.6 Å². The largest absolute Gasteiger partial charge is 0.355 e. The molecule has 1 atom stereocenters. The molecule has 36 heavy (non-hydrogen) atoms. The van der Waals surface area contributed by atoms with E-state index in [4.69, 9.17) is 10.7 Å². The van der Waals surface area contributed by atoms with Gasteiger partial charge in [-0.25, -0.2) is 9.97 Å². The Morgan fingerprint density at radius 3 is 2.39 bits per heavy atom. The highest BCUT2D eigenvalue weighted by atomic mass is 16.2. The van der Waals surface area contributed by atoms with Crippen LogP contribution in [0.25, 0.3) is 0 Å². The number of amides is 1. The lowest BCUT2D eigenvalue weighted by atomic mass is 9.89. The molecule has 0 unspecified atom stereocenters. The molecule has 200 valence electrons. The zero-order chi connectivity index (χ0) is 25.2. The van der Waals surface area contributed by atoms with Crippen LogP contribution in [0.15, 0.2) is 6.20 Å². The van der Waals surface area contributed by atoms with Gasteiger partial charge in [-0.15, -0.1) is 0 Å². The minimum Gasteiger partial charge on any atom is -0.355 e. The lowest BCUT2D eigenvalue weighted by molar-refractivity contribution is -0.122. The Morgan fingerprint density at radius 1 is 0.917 bits per heavy atom. The highest BCUT2D eigenvalue weighted by molar-refractivity contribution is 5.97. The van der Waals surface area contributed by atoms with Gasteiger partial charge in [0, 0.05) is 32.3 Å². The van der Waals surface area contributed by atoms with Gasteiger partial charge in [0.25, 0.3) is 0 Å². The second-order valence-electron chi connectivity index (χ2n) is 11.2. The third kappa shape index (κ3) is 8.80. The number of hydrogen-bond donors (Lipinski definition) is 3. The summed E-state index contributed by atoms with van der Waals surface area (Å²) in [7, 11) is 0. The molecule has 1 saturated carbocycles. The summed E-state index contributed by atoms with van der Waals surface area (Å²) in [6, 6.07) is -0.438. The van der Waals surface area contributed by atoms with E-state index in [1.165, 1.54) is 19.4 Å². The number of nitrogens with one attached hydrogen (secondary N) is 2. The van der Waals surface area contributed by atoms with E-state index in [9.17, 15) is 9.59 Å². The van der Waals surface area contributed by atoms with Gasteiger partial charge in [0.2, 0.25) is 11.9 Å². The van der Waals surface area contributed by atoms with Crippen molar-refractivity contribution < 1.29 is 9.59 Å². The number of aryl methyl sites for hydroxylation is 1. The first kappa shape index (κ1) is 27.0. The van der Waals surface area contributed by atoms with Gasteiger partial charge in [0.15, 0.2) is 5.78 Å². The van der Waals surface area contributed by atoms with Crippen LogP contribution >= 0.6 is 0 Å². The molecule has 1 aromatic rings. The molecule has 2 bridgehead atoms. The minimum absolute atomic E-state index is 0.0375. The van der Waals surface area contributed by atoms with E-state index >= 15 is 0 Å². The van der Waals surface area contributed by atoms with E-state index in [1.54, 1.807) is 6.20 Å². The number of ketones is 1. The van der Waals surface area contributed by atoms with Crippen molar-refractivity contribution in [3.05, 3.63) is 17.5 Å². The molecule has 2 aliphatic heterocycles. The number of likely N-dealkylation sites (tertiary alicyclic amines) is 1. The smallest absolute Gasteiger partial charge is 0.236 e. The Hall–Kier alpha value is -2.06. The highest BCUT2D eigenvalue weighted by Gasteiger charge is 2.28. The lowest BCUT2D eigenvalue weighted by Crippen LogP contribution is -2.40. The molecule has 0 spiro atoms. The molecule has 1 aliphatic carbocycles. The number of nitrogens with zero attached hydrogens (tertiary/aromatic N) is 3. The first-order valence-electron chi connectivity index (χ1n) is 14.5. The first-order chi connectivity index (χ1) is 17.6. The third-order valence-corrected chi connectivity index (χ3v) is 8.01. The predicted molar refractivity (Wildman–Crippen MR) is 143 cm³/mol. The summed E-state index contributed by atoms with van der Waals surface area (Å²) in [4.78, 5) is 37.4. The van der Waals surface area contributed by atoms with Crippen LogP contribution in [0.2, 0.25) is 0 Å². The van der Waals surface area contributed by atoms with E-state index in [0.29, 0.717) is 36.8 Å². The number of carbonyl (C=O) groups is 2. The first-order valence-corrected chi connectivity index (χ1v) is 14.5. The maximum absolute atomic E-state index is 13.3. The monoisotopic (exact) mass is 498 g/mol. The third-order valence-electron chi connectivity index (χ3n) is 8.01. The number of aromatic nitrogens is 2. The normalized spacial score (nSPS) is 24.2. The van der Waals surface area contributed by atoms with Crippen molar-refractivity contribution >= 4 is 17.6 Å². The number of Topliss-reactive ketones (excluding diaryl/α,β-unsaturated/α-hetero) is 1. The Bertz CT molecular complexity index is 850. The molecule has 2 fully saturated rings. The Morgan fingerprint density at radius 2 is 1.64 bits per heavy atom. The van der Waals surface area contributed by atoms with E-state index < -0.39 is 6.04 Å². The molecular weight excluding hydrogens is 452 g/mol. The van der Waals surface area contributed by atoms with Crippen LogP contribution in [0.1, 0.15) is 99.5 Å². The maximum Gasteiger partial charge on any atom is 0.236 e. The fourth-order valence-electron chi connectivity index (χ4n) is 5.45. The maximum atomic E-state index is 13.3. The minimum atomic E-state index is -0.438. The van der Waals surface area contributed by atoms with Gasteiger partial charge in [-0.05, 0) is 82.7 Å². The molecule has 0 aromatic carbocycles. The second kappa shape index (κ2) is 14.0. The SMILES string of the molecule is N[C@@H]1CCCCCc2nc(ncc2C(=O)CC2CCN(CC3CC3)CC2)NCCCCCCNC1=O. The van der Waals surface area contributed by atoms with Crippen LogP contribution in [0.5, 0.6) is 0 Å². The Kier molecular flexibility index (Phi) is 10.5. The number of nitrogens with two attached hydrogens (primary N) is 1. The number of rotatable bonds is 5. The summed E-state index contributed by atoms with van der Waals surface area (Å²) in [6.07, 6.45) is 15.7. The predicted octanol–water partition coefficient (Wildman–Crippen LogP) is 3.70. The fraction of sp³-hybridized carbons (Fsp3) is 0.786. The molecule has 4 rings (SSSR count). The van der Waals surface area contributed by atoms with Crippen molar-refractivity contribution in [2.45, 2.75) is 95.9 Å². The number of hydrogen-bond acceptors (Lipinski definition) is 7. The molecular formula is C28H46N6O2. The number of fused-ring (bicyclic) bond motifs is 2.